The van der Waals surface area contributed by atoms with Gasteiger partial charge in [-0.1, -0.05) is 6.58 Å². The van der Waals surface area contributed by atoms with Crippen LogP contribution < -0.4 is 5.32 Å². The van der Waals surface area contributed by atoms with E-state index in [1.165, 1.54) is 6.92 Å². The Labute approximate surface area is 43.2 Å². The zero-order chi connectivity index (χ0) is 5.86. The summed E-state index contributed by atoms with van der Waals surface area (Å²) in [6.45, 7) is 8.12. The highest BCUT2D eigenvalue weighted by Crippen LogP contribution is 1.73. The zero-order valence-corrected chi connectivity index (χ0v) is 4.32. The fraction of sp³-hybridized carbons (Fsp3) is 0.200. The van der Waals surface area contributed by atoms with E-state index in [1.54, 1.807) is 0 Å². The highest BCUT2D eigenvalue weighted by Gasteiger charge is 1.84. The molecule has 0 fully saturated rings. The van der Waals surface area contributed by atoms with Gasteiger partial charge in [-0.05, 0) is 6.92 Å². The number of amides is 1. The quantitative estimate of drug-likeness (QED) is 0.510. The predicted molar refractivity (Wildman–Crippen MR) is 28.3 cm³/mol. The van der Waals surface area contributed by atoms with Crippen LogP contribution >= 0.6 is 0 Å². The van der Waals surface area contributed by atoms with E-state index in [9.17, 15) is 4.79 Å². The van der Waals surface area contributed by atoms with Crippen LogP contribution in [0.2, 0.25) is 0 Å². The van der Waals surface area contributed by atoms with Crippen LogP contribution in [-0.2, 0) is 4.79 Å². The monoisotopic (exact) mass is 100 g/mol. The number of allylic oxidation sites excluding steroid dienone is 1. The molecule has 0 saturated heterocycles. The van der Waals surface area contributed by atoms with Gasteiger partial charge in [0.2, 0.25) is 5.91 Å². The second-order valence-corrected chi connectivity index (χ2v) is 1.28. The normalized spacial score (nSPS) is 7.71. The summed E-state index contributed by atoms with van der Waals surface area (Å²) in [5.41, 5.74) is 0.438. The Hall–Kier alpha value is -0.790. The van der Waals surface area contributed by atoms with Gasteiger partial charge in [0.15, 0.2) is 0 Å². The van der Waals surface area contributed by atoms with Gasteiger partial charge in [-0.15, -0.1) is 0 Å². The molecule has 0 spiro atoms. The van der Waals surface area contributed by atoms with Crippen LogP contribution in [0.4, 0.5) is 0 Å². The molecule has 0 rings (SSSR count). The van der Waals surface area contributed by atoms with E-state index in [-0.39, 0.29) is 5.91 Å². The van der Waals surface area contributed by atoms with Crippen molar-refractivity contribution in [1.29, 1.82) is 0 Å². The summed E-state index contributed by atoms with van der Waals surface area (Å²) in [6, 6.07) is 0. The molecule has 0 unspecified atom stereocenters. The summed E-state index contributed by atoms with van der Waals surface area (Å²) in [6.07, 6.45) is 0. The number of nitrogens with one attached hydrogen (secondary N) is 1. The molecule has 7 heavy (non-hydrogen) atoms. The summed E-state index contributed by atoms with van der Waals surface area (Å²) < 4.78 is 0. The molecule has 1 N–H and O–H groups in total. The molecule has 0 heterocycles. The van der Waals surface area contributed by atoms with Gasteiger partial charge in [0.05, 0.1) is 0 Å². The molecule has 0 atom stereocenters. The Kier molecular flexibility index (Phi) is 2.12. The maximum absolute atomic E-state index is 10.0. The summed E-state index contributed by atoms with van der Waals surface area (Å²) in [5.74, 6) is -0.125. The van der Waals surface area contributed by atoms with Crippen molar-refractivity contribution >= 4 is 5.91 Å². The average Bonchev–Trinajstić information content (AvgIpc) is 1.27. The minimum Gasteiger partial charge on any atom is -0.331 e. The lowest BCUT2D eigenvalue weighted by atomic mass is 10.6. The van der Waals surface area contributed by atoms with Gasteiger partial charge in [0.25, 0.3) is 0 Å². The topological polar surface area (TPSA) is 29.1 Å². The van der Waals surface area contributed by atoms with Crippen molar-refractivity contribution < 1.29 is 4.79 Å². The number of carbonyl (C=O) groups is 1. The van der Waals surface area contributed by atoms with E-state index in [0.29, 0.717) is 5.70 Å². The lowest BCUT2D eigenvalue weighted by Crippen LogP contribution is -2.15. The van der Waals surface area contributed by atoms with Gasteiger partial charge in [0, 0.05) is 12.6 Å². The second kappa shape index (κ2) is 2.39. The molecular formula is C5H8NO. The summed E-state index contributed by atoms with van der Waals surface area (Å²) in [5, 5.41) is 2.36. The first kappa shape index (κ1) is 6.21. The third kappa shape index (κ3) is 5.21. The molecule has 1 radical (unpaired) electrons. The van der Waals surface area contributed by atoms with Gasteiger partial charge >= 0.3 is 0 Å². The zero-order valence-electron chi connectivity index (χ0n) is 4.32. The van der Waals surface area contributed by atoms with E-state index in [0.717, 1.165) is 0 Å². The molecule has 39 valence electrons. The molecule has 0 aromatic rings. The first-order valence-electron chi connectivity index (χ1n) is 1.91. The molecule has 2 heteroatoms. The second-order valence-electron chi connectivity index (χ2n) is 1.28. The largest absolute Gasteiger partial charge is 0.331 e. The van der Waals surface area contributed by atoms with Gasteiger partial charge in [-0.2, -0.15) is 0 Å². The maximum atomic E-state index is 10.0. The van der Waals surface area contributed by atoms with Crippen molar-refractivity contribution in [3.05, 3.63) is 19.2 Å². The molecule has 1 amide bonds. The van der Waals surface area contributed by atoms with Crippen LogP contribution in [-0.4, -0.2) is 5.91 Å². The van der Waals surface area contributed by atoms with E-state index in [4.69, 9.17) is 0 Å². The molecule has 0 aliphatic rings. The Morgan fingerprint density at radius 2 is 2.29 bits per heavy atom. The maximum Gasteiger partial charge on any atom is 0.220 e. The molecule has 0 aromatic carbocycles. The number of hydrogen-bond donors (Lipinski definition) is 1. The summed E-state index contributed by atoms with van der Waals surface area (Å²) in [4.78, 5) is 10.0. The van der Waals surface area contributed by atoms with Gasteiger partial charge in [-0.3, -0.25) is 4.79 Å². The highest BCUT2D eigenvalue weighted by atomic mass is 16.3. The third-order valence-electron chi connectivity index (χ3n) is 0.353. The first-order chi connectivity index (χ1) is 3.13. The van der Waals surface area contributed by atoms with E-state index < -0.39 is 0 Å². The fourth-order valence-corrected chi connectivity index (χ4v) is 0.249. The summed E-state index contributed by atoms with van der Waals surface area (Å²) in [7, 11) is 0. The number of rotatable bonds is 1. The van der Waals surface area contributed by atoms with Crippen LogP contribution in [0, 0.1) is 6.92 Å². The molecule has 0 bridgehead atoms. The molecule has 2 nitrogen and oxygen atoms in total. The van der Waals surface area contributed by atoms with Gasteiger partial charge < -0.3 is 5.32 Å². The molecule has 0 aromatic heterocycles. The standard InChI is InChI=1S/C5H8NO/c1-4(2)6-5(3)7/h1-2H2,3H3,(H,6,7)/i5+2. The fourth-order valence-electron chi connectivity index (χ4n) is 0.249. The number of carbonyl (C=O) groups excluding carboxylic acids is 1. The van der Waals surface area contributed by atoms with Crippen LogP contribution in [0.5, 0.6) is 0 Å². The van der Waals surface area contributed by atoms with Crippen molar-refractivity contribution in [3.63, 3.8) is 0 Å². The Morgan fingerprint density at radius 1 is 1.86 bits per heavy atom. The Balaban J connectivity index is 3.32. The van der Waals surface area contributed by atoms with Crippen molar-refractivity contribution in [2.75, 3.05) is 0 Å². The third-order valence-corrected chi connectivity index (χ3v) is 0.353. The minimum absolute atomic E-state index is 0.125. The van der Waals surface area contributed by atoms with Crippen LogP contribution in [0.1, 0.15) is 6.92 Å². The van der Waals surface area contributed by atoms with E-state index >= 15 is 0 Å². The highest BCUT2D eigenvalue weighted by molar-refractivity contribution is 5.74. The van der Waals surface area contributed by atoms with Crippen molar-refractivity contribution in [1.82, 2.24) is 5.32 Å². The number of hydrogen-bond acceptors (Lipinski definition) is 1. The molecule has 0 aliphatic carbocycles. The Morgan fingerprint density at radius 3 is 2.29 bits per heavy atom. The summed E-state index contributed by atoms with van der Waals surface area (Å²) >= 11 is 0. The molecule has 0 aliphatic heterocycles. The van der Waals surface area contributed by atoms with E-state index in [1.807, 2.05) is 0 Å². The van der Waals surface area contributed by atoms with E-state index in [2.05, 4.69) is 18.8 Å². The van der Waals surface area contributed by atoms with Crippen LogP contribution in [0.25, 0.3) is 0 Å². The van der Waals surface area contributed by atoms with Crippen molar-refractivity contribution in [2.24, 2.45) is 0 Å². The van der Waals surface area contributed by atoms with Crippen molar-refractivity contribution in [3.8, 4) is 0 Å². The van der Waals surface area contributed by atoms with Gasteiger partial charge in [0.1, 0.15) is 0 Å². The van der Waals surface area contributed by atoms with Crippen LogP contribution in [0.15, 0.2) is 12.3 Å². The van der Waals surface area contributed by atoms with Gasteiger partial charge in [-0.25, -0.2) is 0 Å². The minimum atomic E-state index is -0.125. The lowest BCUT2D eigenvalue weighted by Gasteiger charge is -1.94. The molecular weight excluding hydrogens is 92.1 g/mol. The average molecular weight is 100 g/mol. The van der Waals surface area contributed by atoms with Crippen LogP contribution in [0.3, 0.4) is 0 Å². The Bertz CT molecular complexity index is 84.3. The predicted octanol–water partition coefficient (Wildman–Crippen LogP) is 0.470. The SMILES string of the molecule is [CH2]C(=C)N[14C](C)=O. The smallest absolute Gasteiger partial charge is 0.220 e. The first-order valence-corrected chi connectivity index (χ1v) is 1.91. The van der Waals surface area contributed by atoms with Crippen molar-refractivity contribution in [2.45, 2.75) is 6.92 Å². The lowest BCUT2D eigenvalue weighted by molar-refractivity contribution is -0.118. The molecule has 0 saturated carbocycles.